The van der Waals surface area contributed by atoms with Gasteiger partial charge in [0.05, 0.1) is 23.9 Å². The van der Waals surface area contributed by atoms with Gasteiger partial charge in [0, 0.05) is 23.5 Å². The smallest absolute Gasteiger partial charge is 0.269 e. The van der Waals surface area contributed by atoms with Crippen LogP contribution < -0.4 is 20.3 Å². The summed E-state index contributed by atoms with van der Waals surface area (Å²) in [5, 5.41) is 0. The molecule has 4 rings (SSSR count). The minimum Gasteiger partial charge on any atom is -0.486 e. The number of amides is 2. The first kappa shape index (κ1) is 23.4. The van der Waals surface area contributed by atoms with Gasteiger partial charge in [0.25, 0.3) is 5.91 Å². The van der Waals surface area contributed by atoms with E-state index in [4.69, 9.17) is 14.2 Å². The van der Waals surface area contributed by atoms with Crippen molar-refractivity contribution in [1.82, 2.24) is 15.2 Å². The monoisotopic (exact) mass is 493 g/mol. The van der Waals surface area contributed by atoms with Crippen LogP contribution in [0.3, 0.4) is 0 Å². The standard InChI is InChI=1S/C21H23N3O7S2/c25-20(14-32-16-4-5-18-19(13-16)31-11-10-30-18)22-23-21(26)15-2-1-3-17(12-15)33(27,28)24-6-8-29-9-7-24/h1-5,12-13H,6-11,14H2,(H,22,25)(H,23,26). The molecule has 0 aliphatic carbocycles. The molecule has 0 saturated carbocycles. The van der Waals surface area contributed by atoms with E-state index in [1.165, 1.54) is 40.3 Å². The van der Waals surface area contributed by atoms with Crippen molar-refractivity contribution in [2.24, 2.45) is 0 Å². The van der Waals surface area contributed by atoms with Crippen molar-refractivity contribution in [1.29, 1.82) is 0 Å². The summed E-state index contributed by atoms with van der Waals surface area (Å²) in [5.74, 6) is 0.324. The second-order valence-electron chi connectivity index (χ2n) is 7.14. The fourth-order valence-corrected chi connectivity index (χ4v) is 5.41. The maximum Gasteiger partial charge on any atom is 0.269 e. The van der Waals surface area contributed by atoms with Crippen LogP contribution in [0.5, 0.6) is 11.5 Å². The van der Waals surface area contributed by atoms with E-state index in [2.05, 4.69) is 10.9 Å². The van der Waals surface area contributed by atoms with E-state index in [-0.39, 0.29) is 29.3 Å². The Morgan fingerprint density at radius 1 is 0.939 bits per heavy atom. The third-order valence-electron chi connectivity index (χ3n) is 4.90. The van der Waals surface area contributed by atoms with Crippen LogP contribution in [0.2, 0.25) is 0 Å². The zero-order chi connectivity index (χ0) is 23.3. The Hall–Kier alpha value is -2.80. The van der Waals surface area contributed by atoms with E-state index in [1.807, 2.05) is 6.07 Å². The lowest BCUT2D eigenvalue weighted by atomic mass is 10.2. The van der Waals surface area contributed by atoms with Crippen molar-refractivity contribution >= 4 is 33.6 Å². The molecule has 33 heavy (non-hydrogen) atoms. The van der Waals surface area contributed by atoms with Crippen molar-refractivity contribution in [2.75, 3.05) is 45.3 Å². The molecule has 0 atom stereocenters. The summed E-state index contributed by atoms with van der Waals surface area (Å²) in [5.41, 5.74) is 4.78. The number of carbonyl (C=O) groups excluding carboxylic acids is 2. The number of hydrazine groups is 1. The molecule has 1 saturated heterocycles. The van der Waals surface area contributed by atoms with Gasteiger partial charge >= 0.3 is 0 Å². The normalized spacial score (nSPS) is 16.1. The SMILES string of the molecule is O=C(CSc1ccc2c(c1)OCCO2)NNC(=O)c1cccc(S(=O)(=O)N2CCOCC2)c1. The third-order valence-corrected chi connectivity index (χ3v) is 7.79. The average molecular weight is 494 g/mol. The van der Waals surface area contributed by atoms with Crippen molar-refractivity contribution in [3.05, 3.63) is 48.0 Å². The first-order valence-corrected chi connectivity index (χ1v) is 12.7. The number of morpholine rings is 1. The lowest BCUT2D eigenvalue weighted by Crippen LogP contribution is -2.42. The van der Waals surface area contributed by atoms with Gasteiger partial charge in [0.15, 0.2) is 11.5 Å². The fourth-order valence-electron chi connectivity index (χ4n) is 3.23. The topological polar surface area (TPSA) is 123 Å². The number of nitrogens with zero attached hydrogens (tertiary/aromatic N) is 1. The molecular formula is C21H23N3O7S2. The Kier molecular flexibility index (Phi) is 7.38. The Balaban J connectivity index is 1.30. The average Bonchev–Trinajstić information content (AvgIpc) is 2.86. The highest BCUT2D eigenvalue weighted by atomic mass is 32.2. The molecule has 0 aromatic heterocycles. The largest absolute Gasteiger partial charge is 0.486 e. The van der Waals surface area contributed by atoms with Crippen LogP contribution in [0.25, 0.3) is 0 Å². The van der Waals surface area contributed by atoms with Gasteiger partial charge in [-0.05, 0) is 36.4 Å². The Morgan fingerprint density at radius 3 is 2.48 bits per heavy atom. The summed E-state index contributed by atoms with van der Waals surface area (Å²) in [6.07, 6.45) is 0. The fraction of sp³-hybridized carbons (Fsp3) is 0.333. The van der Waals surface area contributed by atoms with Gasteiger partial charge in [-0.3, -0.25) is 20.4 Å². The zero-order valence-corrected chi connectivity index (χ0v) is 19.2. The van der Waals surface area contributed by atoms with Crippen LogP contribution in [-0.4, -0.2) is 69.8 Å². The minimum absolute atomic E-state index is 0.0116. The highest BCUT2D eigenvalue weighted by Gasteiger charge is 2.27. The first-order valence-electron chi connectivity index (χ1n) is 10.2. The molecule has 2 aliphatic rings. The summed E-state index contributed by atoms with van der Waals surface area (Å²) in [6.45, 7) is 2.16. The summed E-state index contributed by atoms with van der Waals surface area (Å²) in [7, 11) is -3.73. The van der Waals surface area contributed by atoms with Gasteiger partial charge in [-0.25, -0.2) is 8.42 Å². The van der Waals surface area contributed by atoms with Gasteiger partial charge in [-0.15, -0.1) is 11.8 Å². The molecule has 0 spiro atoms. The van der Waals surface area contributed by atoms with E-state index < -0.39 is 21.8 Å². The maximum absolute atomic E-state index is 12.8. The van der Waals surface area contributed by atoms with Crippen LogP contribution in [-0.2, 0) is 19.6 Å². The number of rotatable bonds is 6. The van der Waals surface area contributed by atoms with Crippen molar-refractivity contribution in [3.8, 4) is 11.5 Å². The molecule has 1 fully saturated rings. The Bertz CT molecular complexity index is 1130. The van der Waals surface area contributed by atoms with E-state index in [9.17, 15) is 18.0 Å². The van der Waals surface area contributed by atoms with E-state index in [0.29, 0.717) is 37.9 Å². The summed E-state index contributed by atoms with van der Waals surface area (Å²) in [6, 6.07) is 11.1. The zero-order valence-electron chi connectivity index (χ0n) is 17.6. The molecular weight excluding hydrogens is 470 g/mol. The van der Waals surface area contributed by atoms with E-state index in [1.54, 1.807) is 12.1 Å². The molecule has 0 bridgehead atoms. The molecule has 10 nitrogen and oxygen atoms in total. The molecule has 2 aliphatic heterocycles. The van der Waals surface area contributed by atoms with Crippen LogP contribution in [0.15, 0.2) is 52.3 Å². The molecule has 0 unspecified atom stereocenters. The molecule has 2 aromatic carbocycles. The summed E-state index contributed by atoms with van der Waals surface area (Å²) < 4.78 is 43.1. The molecule has 0 radical (unpaired) electrons. The Labute approximate surface area is 195 Å². The molecule has 2 aromatic rings. The first-order chi connectivity index (χ1) is 15.9. The number of thioether (sulfide) groups is 1. The quantitative estimate of drug-likeness (QED) is 0.452. The second-order valence-corrected chi connectivity index (χ2v) is 10.1. The van der Waals surface area contributed by atoms with Gasteiger partial charge in [0.1, 0.15) is 13.2 Å². The number of ether oxygens (including phenoxy) is 3. The number of carbonyl (C=O) groups is 2. The minimum atomic E-state index is -3.73. The van der Waals surface area contributed by atoms with Crippen molar-refractivity contribution in [3.63, 3.8) is 0 Å². The van der Waals surface area contributed by atoms with Crippen molar-refractivity contribution in [2.45, 2.75) is 9.79 Å². The van der Waals surface area contributed by atoms with E-state index >= 15 is 0 Å². The predicted molar refractivity (Wildman–Crippen MR) is 120 cm³/mol. The summed E-state index contributed by atoms with van der Waals surface area (Å²) in [4.78, 5) is 25.4. The predicted octanol–water partition coefficient (Wildman–Crippen LogP) is 1.03. The van der Waals surface area contributed by atoms with Gasteiger partial charge in [-0.2, -0.15) is 4.31 Å². The van der Waals surface area contributed by atoms with Crippen LogP contribution >= 0.6 is 11.8 Å². The number of hydrogen-bond acceptors (Lipinski definition) is 8. The van der Waals surface area contributed by atoms with E-state index in [0.717, 1.165) is 4.90 Å². The van der Waals surface area contributed by atoms with Gasteiger partial charge in [0.2, 0.25) is 15.9 Å². The summed E-state index contributed by atoms with van der Waals surface area (Å²) >= 11 is 1.28. The number of benzene rings is 2. The molecule has 2 heterocycles. The molecule has 2 N–H and O–H groups in total. The number of sulfonamides is 1. The molecule has 2 amide bonds. The number of nitrogens with one attached hydrogen (secondary N) is 2. The van der Waals surface area contributed by atoms with Crippen LogP contribution in [0, 0.1) is 0 Å². The highest BCUT2D eigenvalue weighted by Crippen LogP contribution is 2.34. The third kappa shape index (κ3) is 5.77. The van der Waals surface area contributed by atoms with Crippen LogP contribution in [0.4, 0.5) is 0 Å². The lowest BCUT2D eigenvalue weighted by Gasteiger charge is -2.26. The number of fused-ring (bicyclic) bond motifs is 1. The molecule has 12 heteroatoms. The van der Waals surface area contributed by atoms with Crippen LogP contribution in [0.1, 0.15) is 10.4 Å². The molecule has 176 valence electrons. The second kappa shape index (κ2) is 10.4. The van der Waals surface area contributed by atoms with Gasteiger partial charge in [-0.1, -0.05) is 6.07 Å². The lowest BCUT2D eigenvalue weighted by molar-refractivity contribution is -0.119. The highest BCUT2D eigenvalue weighted by molar-refractivity contribution is 8.00. The number of hydrogen-bond donors (Lipinski definition) is 2. The maximum atomic E-state index is 12.8. The Morgan fingerprint density at radius 2 is 1.70 bits per heavy atom. The van der Waals surface area contributed by atoms with Crippen molar-refractivity contribution < 1.29 is 32.2 Å². The van der Waals surface area contributed by atoms with Gasteiger partial charge < -0.3 is 14.2 Å².